The summed E-state index contributed by atoms with van der Waals surface area (Å²) in [4.78, 5) is 24.9. The highest BCUT2D eigenvalue weighted by atomic mass is 35.5. The van der Waals surface area contributed by atoms with Gasteiger partial charge in [-0.2, -0.15) is 0 Å². The van der Waals surface area contributed by atoms with Crippen LogP contribution >= 0.6 is 11.6 Å². The van der Waals surface area contributed by atoms with Crippen molar-refractivity contribution in [3.8, 4) is 0 Å². The van der Waals surface area contributed by atoms with Crippen molar-refractivity contribution in [2.45, 2.75) is 13.3 Å². The molecule has 2 amide bonds. The molecule has 0 bridgehead atoms. The number of carbonyl (C=O) groups is 2. The second-order valence-electron chi connectivity index (χ2n) is 6.43. The maximum absolute atomic E-state index is 12.7. The van der Waals surface area contributed by atoms with Gasteiger partial charge in [0.2, 0.25) is 5.91 Å². The number of nitrogens with one attached hydrogen (secondary N) is 3. The third-order valence-corrected chi connectivity index (χ3v) is 4.71. The number of carbonyl (C=O) groups excluding carboxylic acids is 2. The third kappa shape index (κ3) is 5.59. The monoisotopic (exact) mass is 407 g/mol. The van der Waals surface area contributed by atoms with E-state index in [1.807, 2.05) is 24.3 Å². The Labute approximate surface area is 175 Å². The predicted octanol–water partition coefficient (Wildman–Crippen LogP) is 5.21. The number of anilines is 3. The van der Waals surface area contributed by atoms with Gasteiger partial charge in [-0.25, -0.2) is 0 Å². The van der Waals surface area contributed by atoms with Gasteiger partial charge in [0.1, 0.15) is 0 Å². The second kappa shape index (κ2) is 9.75. The fraction of sp³-hybridized carbons (Fsp3) is 0.130. The Hall–Kier alpha value is -3.31. The largest absolute Gasteiger partial charge is 0.376 e. The molecule has 0 aliphatic heterocycles. The predicted molar refractivity (Wildman–Crippen MR) is 119 cm³/mol. The average Bonchev–Trinajstić information content (AvgIpc) is 2.74. The molecule has 0 heterocycles. The summed E-state index contributed by atoms with van der Waals surface area (Å²) >= 11 is 6.06. The van der Waals surface area contributed by atoms with Gasteiger partial charge in [0, 0.05) is 11.4 Å². The zero-order valence-electron chi connectivity index (χ0n) is 16.0. The maximum Gasteiger partial charge on any atom is 0.257 e. The number of hydrogen-bond acceptors (Lipinski definition) is 3. The fourth-order valence-corrected chi connectivity index (χ4v) is 2.97. The van der Waals surface area contributed by atoms with Crippen LogP contribution in [0, 0.1) is 0 Å². The molecule has 3 rings (SSSR count). The van der Waals surface area contributed by atoms with Gasteiger partial charge in [0.25, 0.3) is 5.91 Å². The van der Waals surface area contributed by atoms with Crippen molar-refractivity contribution >= 4 is 40.5 Å². The number of benzene rings is 3. The molecule has 0 radical (unpaired) electrons. The molecule has 0 saturated carbocycles. The van der Waals surface area contributed by atoms with Crippen molar-refractivity contribution in [1.29, 1.82) is 0 Å². The van der Waals surface area contributed by atoms with E-state index in [0.717, 1.165) is 12.1 Å². The molecule has 29 heavy (non-hydrogen) atoms. The van der Waals surface area contributed by atoms with Gasteiger partial charge in [-0.1, -0.05) is 54.9 Å². The van der Waals surface area contributed by atoms with Crippen LogP contribution in [0.4, 0.5) is 17.1 Å². The second-order valence-corrected chi connectivity index (χ2v) is 6.84. The first-order valence-corrected chi connectivity index (χ1v) is 9.72. The topological polar surface area (TPSA) is 70.2 Å². The fourth-order valence-electron chi connectivity index (χ4n) is 2.79. The van der Waals surface area contributed by atoms with E-state index in [-0.39, 0.29) is 18.4 Å². The smallest absolute Gasteiger partial charge is 0.257 e. The first-order valence-electron chi connectivity index (χ1n) is 9.34. The molecule has 0 atom stereocenters. The Morgan fingerprint density at radius 3 is 2.17 bits per heavy atom. The van der Waals surface area contributed by atoms with Crippen molar-refractivity contribution in [2.75, 3.05) is 22.5 Å². The molecule has 0 aromatic heterocycles. The summed E-state index contributed by atoms with van der Waals surface area (Å²) in [5.41, 5.74) is 3.50. The molecule has 0 fully saturated rings. The van der Waals surface area contributed by atoms with Crippen LogP contribution in [-0.4, -0.2) is 18.4 Å². The number of amides is 2. The van der Waals surface area contributed by atoms with E-state index < -0.39 is 0 Å². The molecule has 3 aromatic rings. The van der Waals surface area contributed by atoms with Crippen LogP contribution in [-0.2, 0) is 11.2 Å². The molecular weight excluding hydrogens is 386 g/mol. The number of aryl methyl sites for hydroxylation is 1. The van der Waals surface area contributed by atoms with Gasteiger partial charge < -0.3 is 16.0 Å². The quantitative estimate of drug-likeness (QED) is 0.503. The van der Waals surface area contributed by atoms with Crippen LogP contribution in [0.1, 0.15) is 22.8 Å². The lowest BCUT2D eigenvalue weighted by Gasteiger charge is -2.13. The number of rotatable bonds is 7. The van der Waals surface area contributed by atoms with E-state index in [0.29, 0.717) is 22.0 Å². The van der Waals surface area contributed by atoms with Gasteiger partial charge in [0.05, 0.1) is 22.8 Å². The van der Waals surface area contributed by atoms with Crippen LogP contribution in [0.25, 0.3) is 0 Å². The van der Waals surface area contributed by atoms with Crippen molar-refractivity contribution in [2.24, 2.45) is 0 Å². The van der Waals surface area contributed by atoms with Crippen LogP contribution in [0.5, 0.6) is 0 Å². The lowest BCUT2D eigenvalue weighted by atomic mass is 10.1. The van der Waals surface area contributed by atoms with Crippen molar-refractivity contribution in [3.05, 3.63) is 88.9 Å². The summed E-state index contributed by atoms with van der Waals surface area (Å²) in [6, 6.07) is 21.8. The molecule has 0 unspecified atom stereocenters. The van der Waals surface area contributed by atoms with Crippen molar-refractivity contribution < 1.29 is 9.59 Å². The van der Waals surface area contributed by atoms with Crippen LogP contribution in [0.15, 0.2) is 72.8 Å². The molecule has 3 aromatic carbocycles. The van der Waals surface area contributed by atoms with Gasteiger partial charge in [-0.3, -0.25) is 9.59 Å². The Balaban J connectivity index is 1.64. The number of halogens is 1. The lowest BCUT2D eigenvalue weighted by molar-refractivity contribution is -0.114. The summed E-state index contributed by atoms with van der Waals surface area (Å²) < 4.78 is 0. The molecule has 0 aliphatic carbocycles. The average molecular weight is 408 g/mol. The minimum Gasteiger partial charge on any atom is -0.376 e. The summed E-state index contributed by atoms with van der Waals surface area (Å²) in [5.74, 6) is -0.507. The molecule has 0 aliphatic rings. The van der Waals surface area contributed by atoms with Gasteiger partial charge in [0.15, 0.2) is 0 Å². The molecule has 6 heteroatoms. The van der Waals surface area contributed by atoms with Gasteiger partial charge in [-0.15, -0.1) is 0 Å². The highest BCUT2D eigenvalue weighted by molar-refractivity contribution is 6.33. The van der Waals surface area contributed by atoms with E-state index >= 15 is 0 Å². The lowest BCUT2D eigenvalue weighted by Crippen LogP contribution is -2.23. The van der Waals surface area contributed by atoms with E-state index in [9.17, 15) is 9.59 Å². The molecule has 3 N–H and O–H groups in total. The van der Waals surface area contributed by atoms with E-state index in [1.54, 1.807) is 48.5 Å². The number of para-hydroxylation sites is 2. The molecule has 0 spiro atoms. The van der Waals surface area contributed by atoms with Crippen molar-refractivity contribution in [1.82, 2.24) is 0 Å². The zero-order chi connectivity index (χ0) is 20.6. The summed E-state index contributed by atoms with van der Waals surface area (Å²) in [5, 5.41) is 9.12. The Morgan fingerprint density at radius 1 is 0.828 bits per heavy atom. The summed E-state index contributed by atoms with van der Waals surface area (Å²) in [6.45, 7) is 2.08. The maximum atomic E-state index is 12.7. The summed E-state index contributed by atoms with van der Waals surface area (Å²) in [6.07, 6.45) is 0.942. The van der Waals surface area contributed by atoms with Crippen molar-refractivity contribution in [3.63, 3.8) is 0 Å². The zero-order valence-corrected chi connectivity index (χ0v) is 16.8. The van der Waals surface area contributed by atoms with E-state index in [4.69, 9.17) is 11.6 Å². The standard InChI is InChI=1S/C23H22ClN3O2/c1-2-16-11-13-17(14-12-16)26-23(29)18-7-3-5-9-20(18)25-15-22(28)27-21-10-6-4-8-19(21)24/h3-14,25H,2,15H2,1H3,(H,26,29)(H,27,28). The van der Waals surface area contributed by atoms with Crippen LogP contribution in [0.3, 0.4) is 0 Å². The highest BCUT2D eigenvalue weighted by Crippen LogP contribution is 2.21. The summed E-state index contributed by atoms with van der Waals surface area (Å²) in [7, 11) is 0. The SMILES string of the molecule is CCc1ccc(NC(=O)c2ccccc2NCC(=O)Nc2ccccc2Cl)cc1. The molecule has 0 saturated heterocycles. The van der Waals surface area contributed by atoms with E-state index in [1.165, 1.54) is 5.56 Å². The molecular formula is C23H22ClN3O2. The minimum atomic E-state index is -0.261. The highest BCUT2D eigenvalue weighted by Gasteiger charge is 2.12. The first-order chi connectivity index (χ1) is 14.1. The normalized spacial score (nSPS) is 10.3. The van der Waals surface area contributed by atoms with Crippen LogP contribution < -0.4 is 16.0 Å². The van der Waals surface area contributed by atoms with Crippen LogP contribution in [0.2, 0.25) is 5.02 Å². The minimum absolute atomic E-state index is 0.000708. The van der Waals surface area contributed by atoms with Gasteiger partial charge >= 0.3 is 0 Å². The Kier molecular flexibility index (Phi) is 6.87. The third-order valence-electron chi connectivity index (χ3n) is 4.38. The Morgan fingerprint density at radius 2 is 1.48 bits per heavy atom. The Bertz CT molecular complexity index is 1000. The van der Waals surface area contributed by atoms with E-state index in [2.05, 4.69) is 22.9 Å². The number of hydrogen-bond donors (Lipinski definition) is 3. The molecule has 5 nitrogen and oxygen atoms in total. The first kappa shape index (κ1) is 20.4. The molecule has 148 valence electrons. The van der Waals surface area contributed by atoms with Gasteiger partial charge in [-0.05, 0) is 48.4 Å².